The van der Waals surface area contributed by atoms with Crippen molar-refractivity contribution in [1.82, 2.24) is 0 Å². The largest absolute Gasteiger partial charge is 0.462 e. The molecule has 1 atom stereocenters. The molecule has 1 unspecified atom stereocenters. The average Bonchev–Trinajstić information content (AvgIpc) is 3.38. The van der Waals surface area contributed by atoms with E-state index in [2.05, 4.69) is 130 Å². The molecule has 0 bridgehead atoms. The summed E-state index contributed by atoms with van der Waals surface area (Å²) in [5, 5.41) is 0. The van der Waals surface area contributed by atoms with Gasteiger partial charge in [0.15, 0.2) is 6.10 Å². The summed E-state index contributed by atoms with van der Waals surface area (Å²) in [6.45, 7) is 6.37. The van der Waals surface area contributed by atoms with E-state index in [4.69, 9.17) is 14.2 Å². The van der Waals surface area contributed by atoms with Gasteiger partial charge in [0.2, 0.25) is 0 Å². The number of rotatable bonds is 53. The third-order valence-corrected chi connectivity index (χ3v) is 12.5. The summed E-state index contributed by atoms with van der Waals surface area (Å²) < 4.78 is 16.8. The van der Waals surface area contributed by atoms with Gasteiger partial charge in [-0.2, -0.15) is 0 Å². The summed E-state index contributed by atoms with van der Waals surface area (Å²) in [7, 11) is 0. The molecule has 0 aromatic rings. The highest BCUT2D eigenvalue weighted by molar-refractivity contribution is 5.71. The van der Waals surface area contributed by atoms with Gasteiger partial charge >= 0.3 is 17.9 Å². The molecule has 0 aromatic heterocycles. The second-order valence-corrected chi connectivity index (χ2v) is 19.5. The molecule has 6 nitrogen and oxygen atoms in total. The van der Waals surface area contributed by atoms with Crippen LogP contribution in [0.2, 0.25) is 0 Å². The maximum absolute atomic E-state index is 12.8. The van der Waals surface area contributed by atoms with Crippen LogP contribution >= 0.6 is 0 Å². The van der Waals surface area contributed by atoms with Gasteiger partial charge in [0.1, 0.15) is 13.2 Å². The lowest BCUT2D eigenvalue weighted by molar-refractivity contribution is -0.167. The van der Waals surface area contributed by atoms with Gasteiger partial charge in [0, 0.05) is 19.3 Å². The molecule has 6 heteroatoms. The Hall–Kier alpha value is -3.93. The van der Waals surface area contributed by atoms with Crippen molar-refractivity contribution >= 4 is 17.9 Å². The van der Waals surface area contributed by atoms with Crippen molar-refractivity contribution in [2.24, 2.45) is 0 Å². The molecule has 0 saturated heterocycles. The first-order chi connectivity index (χ1) is 35.5. The van der Waals surface area contributed by atoms with E-state index >= 15 is 0 Å². The molecule has 0 heterocycles. The van der Waals surface area contributed by atoms with Crippen molar-refractivity contribution in [3.8, 4) is 0 Å². The Bertz CT molecular complexity index is 1470. The van der Waals surface area contributed by atoms with Crippen LogP contribution in [-0.4, -0.2) is 37.2 Å². The van der Waals surface area contributed by atoms with E-state index in [0.717, 1.165) is 135 Å². The van der Waals surface area contributed by atoms with Gasteiger partial charge < -0.3 is 14.2 Å². The lowest BCUT2D eigenvalue weighted by Gasteiger charge is -2.18. The quantitative estimate of drug-likeness (QED) is 0.0261. The molecular formula is C66H110O6. The van der Waals surface area contributed by atoms with E-state index in [1.165, 1.54) is 96.3 Å². The molecule has 0 N–H and O–H groups in total. The van der Waals surface area contributed by atoms with Crippen LogP contribution in [0.4, 0.5) is 0 Å². The zero-order chi connectivity index (χ0) is 52.2. The number of esters is 3. The zero-order valence-corrected chi connectivity index (χ0v) is 46.9. The molecule has 0 amide bonds. The minimum atomic E-state index is -0.785. The molecule has 0 rings (SSSR count). The molecular weight excluding hydrogens is 889 g/mol. The summed E-state index contributed by atoms with van der Waals surface area (Å²) in [5.74, 6) is -0.906. The highest BCUT2D eigenvalue weighted by Gasteiger charge is 2.19. The molecule has 0 aliphatic carbocycles. The van der Waals surface area contributed by atoms with Crippen LogP contribution < -0.4 is 0 Å². The summed E-state index contributed by atoms with van der Waals surface area (Å²) >= 11 is 0. The topological polar surface area (TPSA) is 78.9 Å². The number of unbranched alkanes of at least 4 members (excludes halogenated alkanes) is 24. The monoisotopic (exact) mass is 999 g/mol. The van der Waals surface area contributed by atoms with Crippen molar-refractivity contribution in [3.05, 3.63) is 109 Å². The van der Waals surface area contributed by atoms with Gasteiger partial charge in [-0.25, -0.2) is 0 Å². The fourth-order valence-corrected chi connectivity index (χ4v) is 8.11. The Morgan fingerprint density at radius 3 is 0.847 bits per heavy atom. The van der Waals surface area contributed by atoms with Crippen LogP contribution in [0.5, 0.6) is 0 Å². The molecule has 0 aliphatic rings. The predicted octanol–water partition coefficient (Wildman–Crippen LogP) is 20.3. The molecule has 0 saturated carbocycles. The Labute approximate surface area is 444 Å². The smallest absolute Gasteiger partial charge is 0.306 e. The van der Waals surface area contributed by atoms with Crippen molar-refractivity contribution in [2.45, 2.75) is 277 Å². The third kappa shape index (κ3) is 57.0. The fourth-order valence-electron chi connectivity index (χ4n) is 8.11. The molecule has 72 heavy (non-hydrogen) atoms. The van der Waals surface area contributed by atoms with Gasteiger partial charge in [0.05, 0.1) is 0 Å². The number of carbonyl (C=O) groups is 3. The highest BCUT2D eigenvalue weighted by atomic mass is 16.6. The first kappa shape index (κ1) is 68.1. The molecule has 0 fully saturated rings. The SMILES string of the molecule is CC/C=C\C/C=C\C/C=C\C/C=C\C/C=C\C/C=C\CCCCCCCCCCCCCCC(=O)OCC(COC(=O)CCCCCCCCCC)OC(=O)CCCCCCC/C=C\C/C=C\C/C=C\CC. The summed E-state index contributed by atoms with van der Waals surface area (Å²) in [4.78, 5) is 38.0. The summed E-state index contributed by atoms with van der Waals surface area (Å²) in [5.41, 5.74) is 0. The second kappa shape index (κ2) is 59.6. The lowest BCUT2D eigenvalue weighted by atomic mass is 10.0. The molecule has 0 aliphatic heterocycles. The van der Waals surface area contributed by atoms with Crippen LogP contribution in [0.3, 0.4) is 0 Å². The molecule has 410 valence electrons. The Kier molecular flexibility index (Phi) is 56.4. The van der Waals surface area contributed by atoms with Gasteiger partial charge in [-0.1, -0.05) is 259 Å². The summed E-state index contributed by atoms with van der Waals surface area (Å²) in [6, 6.07) is 0. The Balaban J connectivity index is 4.14. The third-order valence-electron chi connectivity index (χ3n) is 12.5. The Morgan fingerprint density at radius 2 is 0.542 bits per heavy atom. The molecule has 0 spiro atoms. The minimum Gasteiger partial charge on any atom is -0.462 e. The van der Waals surface area contributed by atoms with Gasteiger partial charge in [-0.15, -0.1) is 0 Å². The van der Waals surface area contributed by atoms with Crippen LogP contribution in [0.15, 0.2) is 109 Å². The fraction of sp³-hybridized carbons (Fsp3) is 0.682. The van der Waals surface area contributed by atoms with Crippen LogP contribution in [0.1, 0.15) is 271 Å². The van der Waals surface area contributed by atoms with E-state index in [1.807, 2.05) is 0 Å². The molecule has 0 radical (unpaired) electrons. The van der Waals surface area contributed by atoms with Crippen molar-refractivity contribution < 1.29 is 28.6 Å². The second-order valence-electron chi connectivity index (χ2n) is 19.5. The van der Waals surface area contributed by atoms with Gasteiger partial charge in [-0.05, 0) is 103 Å². The lowest BCUT2D eigenvalue weighted by Crippen LogP contribution is -2.30. The van der Waals surface area contributed by atoms with Crippen LogP contribution in [0.25, 0.3) is 0 Å². The maximum atomic E-state index is 12.8. The average molecular weight is 1000 g/mol. The first-order valence-electron chi connectivity index (χ1n) is 29.9. The number of carbonyl (C=O) groups excluding carboxylic acids is 3. The van der Waals surface area contributed by atoms with Gasteiger partial charge in [-0.3, -0.25) is 14.4 Å². The van der Waals surface area contributed by atoms with E-state index in [-0.39, 0.29) is 31.1 Å². The number of hydrogen-bond donors (Lipinski definition) is 0. The number of hydrogen-bond acceptors (Lipinski definition) is 6. The molecule has 0 aromatic carbocycles. The van der Waals surface area contributed by atoms with Crippen molar-refractivity contribution in [2.75, 3.05) is 13.2 Å². The van der Waals surface area contributed by atoms with Crippen molar-refractivity contribution in [3.63, 3.8) is 0 Å². The van der Waals surface area contributed by atoms with Gasteiger partial charge in [0.25, 0.3) is 0 Å². The van der Waals surface area contributed by atoms with Crippen LogP contribution in [0, 0.1) is 0 Å². The highest BCUT2D eigenvalue weighted by Crippen LogP contribution is 2.15. The minimum absolute atomic E-state index is 0.0842. The van der Waals surface area contributed by atoms with Crippen molar-refractivity contribution in [1.29, 1.82) is 0 Å². The number of allylic oxidation sites excluding steroid dienone is 18. The standard InChI is InChI=1S/C66H110O6/c1-4-7-10-13-16-19-21-23-25-26-27-28-29-30-31-32-33-34-35-36-37-38-39-40-42-43-45-47-50-53-56-59-65(68)71-62-63(61-70-64(67)58-55-52-49-18-15-12-9-6-3)72-66(69)60-57-54-51-48-46-44-41-24-22-20-17-14-11-8-5-2/h7-8,10-11,16-17,19-20,23-25,27-28,30-31,33-34,41,63H,4-6,9,12-15,18,21-22,26,29,32,35-40,42-62H2,1-3H3/b10-7-,11-8-,19-16-,20-17-,25-23-,28-27-,31-30-,34-33-,41-24-. The Morgan fingerprint density at radius 1 is 0.292 bits per heavy atom. The predicted molar refractivity (Wildman–Crippen MR) is 311 cm³/mol. The maximum Gasteiger partial charge on any atom is 0.306 e. The number of ether oxygens (including phenoxy) is 3. The van der Waals surface area contributed by atoms with Crippen LogP contribution in [-0.2, 0) is 28.6 Å². The van der Waals surface area contributed by atoms with E-state index in [0.29, 0.717) is 19.3 Å². The zero-order valence-electron chi connectivity index (χ0n) is 46.9. The van der Waals surface area contributed by atoms with E-state index < -0.39 is 6.10 Å². The first-order valence-corrected chi connectivity index (χ1v) is 29.9. The normalized spacial score (nSPS) is 12.9. The van der Waals surface area contributed by atoms with E-state index in [9.17, 15) is 14.4 Å². The van der Waals surface area contributed by atoms with E-state index in [1.54, 1.807) is 0 Å². The summed E-state index contributed by atoms with van der Waals surface area (Å²) in [6.07, 6.45) is 81.1.